The summed E-state index contributed by atoms with van der Waals surface area (Å²) in [7, 11) is -0.715. The van der Waals surface area contributed by atoms with E-state index in [9.17, 15) is 8.42 Å². The van der Waals surface area contributed by atoms with E-state index in [0.29, 0.717) is 16.3 Å². The molecule has 0 atom stereocenters. The lowest BCUT2D eigenvalue weighted by Gasteiger charge is -2.02. The van der Waals surface area contributed by atoms with Crippen molar-refractivity contribution in [3.8, 4) is 17.2 Å². The molecule has 6 nitrogen and oxygen atoms in total. The van der Waals surface area contributed by atoms with Crippen LogP contribution in [-0.2, 0) is 9.84 Å². The van der Waals surface area contributed by atoms with Crippen molar-refractivity contribution in [3.63, 3.8) is 0 Å². The molecule has 0 unspecified atom stereocenters. The Morgan fingerprint density at radius 2 is 1.72 bits per heavy atom. The SMILES string of the molecule is CNc1oc(-c2ccc(OC)cc2)nc1S(=O)(=O)c1ccc(Cl)cc1. The van der Waals surface area contributed by atoms with Crippen LogP contribution in [0.15, 0.2) is 62.9 Å². The van der Waals surface area contributed by atoms with Crippen molar-refractivity contribution in [1.82, 2.24) is 4.98 Å². The third kappa shape index (κ3) is 3.33. The highest BCUT2D eigenvalue weighted by Crippen LogP contribution is 2.32. The standard InChI is InChI=1S/C17H15ClN2O4S/c1-19-16-17(25(21,22)14-9-5-12(18)6-10-14)20-15(24-16)11-3-7-13(23-2)8-4-11/h3-10,19H,1-2H3. The lowest BCUT2D eigenvalue weighted by Crippen LogP contribution is -2.05. The van der Waals surface area contributed by atoms with Crippen LogP contribution in [0.3, 0.4) is 0 Å². The molecule has 1 aromatic heterocycles. The minimum atomic E-state index is -3.85. The molecular formula is C17H15ClN2O4S. The lowest BCUT2D eigenvalue weighted by molar-refractivity contribution is 0.415. The van der Waals surface area contributed by atoms with Crippen molar-refractivity contribution >= 4 is 27.3 Å². The number of oxazole rings is 1. The van der Waals surface area contributed by atoms with Crippen molar-refractivity contribution in [3.05, 3.63) is 53.6 Å². The zero-order chi connectivity index (χ0) is 18.0. The normalized spacial score (nSPS) is 11.3. The fourth-order valence-corrected chi connectivity index (χ4v) is 3.66. The van der Waals surface area contributed by atoms with Crippen LogP contribution in [-0.4, -0.2) is 27.6 Å². The van der Waals surface area contributed by atoms with Crippen LogP contribution in [0.1, 0.15) is 0 Å². The predicted molar refractivity (Wildman–Crippen MR) is 94.9 cm³/mol. The van der Waals surface area contributed by atoms with Crippen LogP contribution >= 0.6 is 11.6 Å². The summed E-state index contributed by atoms with van der Waals surface area (Å²) in [5, 5.41) is 3.01. The van der Waals surface area contributed by atoms with Gasteiger partial charge in [-0.1, -0.05) is 11.6 Å². The number of rotatable bonds is 5. The minimum Gasteiger partial charge on any atom is -0.497 e. The summed E-state index contributed by atoms with van der Waals surface area (Å²) < 4.78 is 36.4. The summed E-state index contributed by atoms with van der Waals surface area (Å²) in [5.74, 6) is 0.943. The molecule has 0 fully saturated rings. The summed E-state index contributed by atoms with van der Waals surface area (Å²) in [6, 6.07) is 12.8. The van der Waals surface area contributed by atoms with Crippen molar-refractivity contribution < 1.29 is 17.6 Å². The number of nitrogens with one attached hydrogen (secondary N) is 1. The van der Waals surface area contributed by atoms with Crippen molar-refractivity contribution in [2.24, 2.45) is 0 Å². The lowest BCUT2D eigenvalue weighted by atomic mass is 10.2. The number of hydrogen-bond donors (Lipinski definition) is 1. The first-order valence-electron chi connectivity index (χ1n) is 7.29. The Labute approximate surface area is 150 Å². The van der Waals surface area contributed by atoms with Gasteiger partial charge in [0.05, 0.1) is 12.0 Å². The molecule has 8 heteroatoms. The van der Waals surface area contributed by atoms with Crippen molar-refractivity contribution in [2.45, 2.75) is 9.92 Å². The monoisotopic (exact) mass is 378 g/mol. The Bertz CT molecular complexity index is 980. The molecule has 0 amide bonds. The predicted octanol–water partition coefficient (Wildman–Crippen LogP) is 3.88. The molecule has 2 aromatic carbocycles. The van der Waals surface area contributed by atoms with E-state index in [0.717, 1.165) is 0 Å². The van der Waals surface area contributed by atoms with Gasteiger partial charge in [0.15, 0.2) is 0 Å². The molecule has 0 saturated heterocycles. The molecule has 130 valence electrons. The van der Waals surface area contributed by atoms with E-state index in [-0.39, 0.29) is 21.7 Å². The fourth-order valence-electron chi connectivity index (χ4n) is 2.23. The Balaban J connectivity index is 2.07. The highest BCUT2D eigenvalue weighted by atomic mass is 35.5. The van der Waals surface area contributed by atoms with E-state index in [1.807, 2.05) is 0 Å². The number of aromatic nitrogens is 1. The van der Waals surface area contributed by atoms with Crippen LogP contribution in [0, 0.1) is 0 Å². The summed E-state index contributed by atoms with van der Waals surface area (Å²) >= 11 is 5.82. The first kappa shape index (κ1) is 17.3. The van der Waals surface area contributed by atoms with Gasteiger partial charge in [0.2, 0.25) is 26.6 Å². The summed E-state index contributed by atoms with van der Waals surface area (Å²) in [6.45, 7) is 0. The molecule has 1 heterocycles. The number of benzene rings is 2. The molecular weight excluding hydrogens is 364 g/mol. The third-order valence-corrected chi connectivity index (χ3v) is 5.47. The Kier molecular flexibility index (Phi) is 4.69. The van der Waals surface area contributed by atoms with E-state index >= 15 is 0 Å². The topological polar surface area (TPSA) is 81.4 Å². The van der Waals surface area contributed by atoms with E-state index < -0.39 is 9.84 Å². The first-order chi connectivity index (χ1) is 12.0. The van der Waals surface area contributed by atoms with E-state index in [4.69, 9.17) is 20.8 Å². The van der Waals surface area contributed by atoms with Crippen LogP contribution in [0.25, 0.3) is 11.5 Å². The zero-order valence-corrected chi connectivity index (χ0v) is 15.1. The number of ether oxygens (including phenoxy) is 1. The van der Waals surface area contributed by atoms with E-state index in [1.165, 1.54) is 24.3 Å². The van der Waals surface area contributed by atoms with Gasteiger partial charge in [-0.15, -0.1) is 0 Å². The Morgan fingerprint density at radius 3 is 2.28 bits per heavy atom. The minimum absolute atomic E-state index is 0.0702. The third-order valence-electron chi connectivity index (χ3n) is 3.54. The van der Waals surface area contributed by atoms with Crippen LogP contribution in [0.5, 0.6) is 5.75 Å². The van der Waals surface area contributed by atoms with Gasteiger partial charge >= 0.3 is 0 Å². The van der Waals surface area contributed by atoms with Gasteiger partial charge in [-0.3, -0.25) is 0 Å². The van der Waals surface area contributed by atoms with E-state index in [1.54, 1.807) is 38.4 Å². The number of anilines is 1. The number of hydrogen-bond acceptors (Lipinski definition) is 6. The number of halogens is 1. The van der Waals surface area contributed by atoms with Gasteiger partial charge < -0.3 is 14.5 Å². The van der Waals surface area contributed by atoms with Gasteiger partial charge in [0.25, 0.3) is 0 Å². The molecule has 0 bridgehead atoms. The average Bonchev–Trinajstić information content (AvgIpc) is 3.07. The van der Waals surface area contributed by atoms with E-state index in [2.05, 4.69) is 10.3 Å². The quantitative estimate of drug-likeness (QED) is 0.725. The van der Waals surface area contributed by atoms with Gasteiger partial charge in [0.1, 0.15) is 5.75 Å². The number of sulfone groups is 1. The maximum atomic E-state index is 12.8. The molecule has 0 spiro atoms. The van der Waals surface area contributed by atoms with Crippen LogP contribution in [0.4, 0.5) is 5.88 Å². The van der Waals surface area contributed by atoms with Gasteiger partial charge in [-0.25, -0.2) is 8.42 Å². The number of methoxy groups -OCH3 is 1. The second kappa shape index (κ2) is 6.78. The summed E-state index contributed by atoms with van der Waals surface area (Å²) in [4.78, 5) is 4.27. The van der Waals surface area contributed by atoms with Crippen molar-refractivity contribution in [1.29, 1.82) is 0 Å². The number of nitrogens with zero attached hydrogens (tertiary/aromatic N) is 1. The summed E-state index contributed by atoms with van der Waals surface area (Å²) in [5.41, 5.74) is 0.634. The largest absolute Gasteiger partial charge is 0.497 e. The Hall–Kier alpha value is -2.51. The van der Waals surface area contributed by atoms with Crippen LogP contribution < -0.4 is 10.1 Å². The average molecular weight is 379 g/mol. The van der Waals surface area contributed by atoms with Crippen molar-refractivity contribution in [2.75, 3.05) is 19.5 Å². The zero-order valence-electron chi connectivity index (χ0n) is 13.5. The highest BCUT2D eigenvalue weighted by Gasteiger charge is 2.28. The second-order valence-electron chi connectivity index (χ2n) is 5.09. The molecule has 0 aliphatic carbocycles. The smallest absolute Gasteiger partial charge is 0.233 e. The second-order valence-corrected chi connectivity index (χ2v) is 7.39. The van der Waals surface area contributed by atoms with Gasteiger partial charge in [0, 0.05) is 17.6 Å². The molecule has 3 rings (SSSR count). The van der Waals surface area contributed by atoms with Gasteiger partial charge in [-0.2, -0.15) is 4.98 Å². The highest BCUT2D eigenvalue weighted by molar-refractivity contribution is 7.91. The molecule has 0 radical (unpaired) electrons. The fraction of sp³-hybridized carbons (Fsp3) is 0.118. The maximum Gasteiger partial charge on any atom is 0.233 e. The molecule has 0 saturated carbocycles. The van der Waals surface area contributed by atoms with Gasteiger partial charge in [-0.05, 0) is 48.5 Å². The molecule has 25 heavy (non-hydrogen) atoms. The molecule has 1 N–H and O–H groups in total. The Morgan fingerprint density at radius 1 is 1.08 bits per heavy atom. The maximum absolute atomic E-state index is 12.8. The first-order valence-corrected chi connectivity index (χ1v) is 9.15. The summed E-state index contributed by atoms with van der Waals surface area (Å²) in [6.07, 6.45) is 0. The molecule has 3 aromatic rings. The molecule has 0 aliphatic heterocycles. The molecule has 0 aliphatic rings. The van der Waals surface area contributed by atoms with Crippen LogP contribution in [0.2, 0.25) is 5.02 Å².